The molecule has 2 unspecified atom stereocenters. The first kappa shape index (κ1) is 14.2. The van der Waals surface area contributed by atoms with E-state index in [0.29, 0.717) is 5.69 Å². The van der Waals surface area contributed by atoms with Gasteiger partial charge in [0, 0.05) is 19.3 Å². The lowest BCUT2D eigenvalue weighted by molar-refractivity contribution is -0.121. The predicted octanol–water partition coefficient (Wildman–Crippen LogP) is -0.449. The van der Waals surface area contributed by atoms with Gasteiger partial charge < -0.3 is 16.4 Å². The van der Waals surface area contributed by atoms with Crippen molar-refractivity contribution in [2.24, 2.45) is 11.7 Å². The van der Waals surface area contributed by atoms with Gasteiger partial charge >= 0.3 is 0 Å². The second-order valence-electron chi connectivity index (χ2n) is 4.24. The maximum Gasteiger partial charge on any atom is 0.241 e. The topological polar surface area (TPSA) is 102 Å². The van der Waals surface area contributed by atoms with Crippen molar-refractivity contribution < 1.29 is 9.59 Å². The number of nitrogens with two attached hydrogens (primary N) is 1. The van der Waals surface area contributed by atoms with Gasteiger partial charge in [-0.2, -0.15) is 5.10 Å². The second-order valence-corrected chi connectivity index (χ2v) is 4.24. The third-order valence-electron chi connectivity index (χ3n) is 2.69. The van der Waals surface area contributed by atoms with Crippen LogP contribution >= 0.6 is 0 Å². The van der Waals surface area contributed by atoms with E-state index in [9.17, 15) is 9.59 Å². The summed E-state index contributed by atoms with van der Waals surface area (Å²) in [6, 6.07) is -0.217. The molecule has 2 atom stereocenters. The molecule has 1 rings (SSSR count). The van der Waals surface area contributed by atoms with Crippen molar-refractivity contribution in [2.45, 2.75) is 26.4 Å². The van der Waals surface area contributed by atoms with Gasteiger partial charge in [0.05, 0.1) is 17.8 Å². The fourth-order valence-corrected chi connectivity index (χ4v) is 1.24. The van der Waals surface area contributed by atoms with E-state index in [2.05, 4.69) is 15.7 Å². The van der Waals surface area contributed by atoms with Crippen LogP contribution in [-0.2, 0) is 16.1 Å². The van der Waals surface area contributed by atoms with Crippen molar-refractivity contribution in [2.75, 3.05) is 12.4 Å². The minimum Gasteiger partial charge on any atom is -0.358 e. The highest BCUT2D eigenvalue weighted by molar-refractivity contribution is 5.92. The summed E-state index contributed by atoms with van der Waals surface area (Å²) in [5, 5.41) is 9.16. The number of rotatable bonds is 5. The standard InChI is InChI=1S/C11H19N5O2/c1-7(8(2)12)11(18)15-9-4-14-16(5-9)6-10(17)13-3/h4-5,7-8H,6,12H2,1-3H3,(H,13,17)(H,15,18). The number of aromatic nitrogens is 2. The SMILES string of the molecule is CNC(=O)Cn1cc(NC(=O)C(C)C(C)N)cn1. The molecule has 0 bridgehead atoms. The van der Waals surface area contributed by atoms with E-state index < -0.39 is 0 Å². The molecule has 0 aliphatic heterocycles. The Balaban J connectivity index is 2.59. The van der Waals surface area contributed by atoms with Gasteiger partial charge in [-0.05, 0) is 6.92 Å². The van der Waals surface area contributed by atoms with Crippen LogP contribution in [0.15, 0.2) is 12.4 Å². The van der Waals surface area contributed by atoms with Gasteiger partial charge in [0.25, 0.3) is 0 Å². The molecule has 1 aromatic heterocycles. The zero-order valence-electron chi connectivity index (χ0n) is 10.8. The smallest absolute Gasteiger partial charge is 0.241 e. The van der Waals surface area contributed by atoms with Crippen LogP contribution in [0.4, 0.5) is 5.69 Å². The average molecular weight is 253 g/mol. The lowest BCUT2D eigenvalue weighted by Crippen LogP contribution is -2.34. The number of amides is 2. The van der Waals surface area contributed by atoms with Gasteiger partial charge in [0.1, 0.15) is 6.54 Å². The predicted molar refractivity (Wildman–Crippen MR) is 67.7 cm³/mol. The molecule has 0 saturated carbocycles. The van der Waals surface area contributed by atoms with E-state index >= 15 is 0 Å². The monoisotopic (exact) mass is 253 g/mol. The number of likely N-dealkylation sites (N-methyl/N-ethyl adjacent to an activating group) is 1. The van der Waals surface area contributed by atoms with Crippen molar-refractivity contribution in [1.29, 1.82) is 0 Å². The fraction of sp³-hybridized carbons (Fsp3) is 0.545. The van der Waals surface area contributed by atoms with E-state index in [1.165, 1.54) is 10.9 Å². The molecule has 0 radical (unpaired) electrons. The summed E-state index contributed by atoms with van der Waals surface area (Å²) < 4.78 is 1.45. The Morgan fingerprint density at radius 1 is 1.50 bits per heavy atom. The van der Waals surface area contributed by atoms with Crippen LogP contribution < -0.4 is 16.4 Å². The van der Waals surface area contributed by atoms with Crippen LogP contribution in [0, 0.1) is 5.92 Å². The van der Waals surface area contributed by atoms with Crippen molar-refractivity contribution in [3.8, 4) is 0 Å². The first-order valence-corrected chi connectivity index (χ1v) is 5.73. The summed E-state index contributed by atoms with van der Waals surface area (Å²) in [5.41, 5.74) is 6.20. The number of hydrogen-bond donors (Lipinski definition) is 3. The van der Waals surface area contributed by atoms with Crippen LogP contribution in [0.25, 0.3) is 0 Å². The average Bonchev–Trinajstić information content (AvgIpc) is 2.74. The molecular weight excluding hydrogens is 234 g/mol. The van der Waals surface area contributed by atoms with Crippen LogP contribution in [0.3, 0.4) is 0 Å². The number of nitrogens with one attached hydrogen (secondary N) is 2. The Kier molecular flexibility index (Phi) is 4.85. The molecule has 1 heterocycles. The minimum absolute atomic E-state index is 0.120. The number of hydrogen-bond acceptors (Lipinski definition) is 4. The highest BCUT2D eigenvalue weighted by atomic mass is 16.2. The third kappa shape index (κ3) is 3.85. The molecule has 0 aromatic carbocycles. The summed E-state index contributed by atoms with van der Waals surface area (Å²) >= 11 is 0. The largest absolute Gasteiger partial charge is 0.358 e. The fourth-order valence-electron chi connectivity index (χ4n) is 1.24. The Morgan fingerprint density at radius 3 is 2.72 bits per heavy atom. The van der Waals surface area contributed by atoms with Gasteiger partial charge in [-0.15, -0.1) is 0 Å². The molecule has 0 aliphatic carbocycles. The van der Waals surface area contributed by atoms with E-state index in [4.69, 9.17) is 5.73 Å². The number of carbonyl (C=O) groups is 2. The van der Waals surface area contributed by atoms with Gasteiger partial charge in [0.2, 0.25) is 11.8 Å². The molecule has 7 nitrogen and oxygen atoms in total. The Labute approximate surface area is 106 Å². The molecule has 2 amide bonds. The first-order chi connectivity index (χ1) is 8.43. The minimum atomic E-state index is -0.285. The Morgan fingerprint density at radius 2 is 2.17 bits per heavy atom. The van der Waals surface area contributed by atoms with Gasteiger partial charge in [0.15, 0.2) is 0 Å². The second kappa shape index (κ2) is 6.15. The normalized spacial score (nSPS) is 13.8. The molecular formula is C11H19N5O2. The van der Waals surface area contributed by atoms with Gasteiger partial charge in [-0.3, -0.25) is 14.3 Å². The van der Waals surface area contributed by atoms with E-state index in [0.717, 1.165) is 0 Å². The highest BCUT2D eigenvalue weighted by Crippen LogP contribution is 2.08. The highest BCUT2D eigenvalue weighted by Gasteiger charge is 2.17. The molecule has 4 N–H and O–H groups in total. The summed E-state index contributed by atoms with van der Waals surface area (Å²) in [7, 11) is 1.55. The number of nitrogens with zero attached hydrogens (tertiary/aromatic N) is 2. The number of anilines is 1. The summed E-state index contributed by atoms with van der Waals surface area (Å²) in [6.07, 6.45) is 3.09. The van der Waals surface area contributed by atoms with Crippen molar-refractivity contribution in [1.82, 2.24) is 15.1 Å². The third-order valence-corrected chi connectivity index (χ3v) is 2.69. The van der Waals surface area contributed by atoms with Crippen molar-refractivity contribution in [3.63, 3.8) is 0 Å². The maximum atomic E-state index is 11.7. The molecule has 0 aliphatic rings. The van der Waals surface area contributed by atoms with Crippen LogP contribution in [0.2, 0.25) is 0 Å². The van der Waals surface area contributed by atoms with Gasteiger partial charge in [-0.25, -0.2) is 0 Å². The molecule has 0 spiro atoms. The zero-order valence-corrected chi connectivity index (χ0v) is 10.8. The number of carbonyl (C=O) groups excluding carboxylic acids is 2. The van der Waals surface area contributed by atoms with E-state index in [-0.39, 0.29) is 30.3 Å². The summed E-state index contributed by atoms with van der Waals surface area (Å²) in [6.45, 7) is 3.66. The van der Waals surface area contributed by atoms with E-state index in [1.807, 2.05) is 0 Å². The molecule has 7 heteroatoms. The van der Waals surface area contributed by atoms with Crippen LogP contribution in [0.5, 0.6) is 0 Å². The maximum absolute atomic E-state index is 11.7. The molecule has 0 saturated heterocycles. The Bertz CT molecular complexity index is 427. The van der Waals surface area contributed by atoms with Crippen molar-refractivity contribution >= 4 is 17.5 Å². The van der Waals surface area contributed by atoms with Gasteiger partial charge in [-0.1, -0.05) is 6.92 Å². The molecule has 0 fully saturated rings. The van der Waals surface area contributed by atoms with E-state index in [1.54, 1.807) is 27.1 Å². The van der Waals surface area contributed by atoms with Crippen molar-refractivity contribution in [3.05, 3.63) is 12.4 Å². The Hall–Kier alpha value is -1.89. The molecule has 18 heavy (non-hydrogen) atoms. The quantitative estimate of drug-likeness (QED) is 0.661. The lowest BCUT2D eigenvalue weighted by atomic mass is 10.0. The molecule has 100 valence electrons. The van der Waals surface area contributed by atoms with Crippen LogP contribution in [-0.4, -0.2) is 34.7 Å². The zero-order chi connectivity index (χ0) is 13.7. The summed E-state index contributed by atoms with van der Waals surface area (Å²) in [4.78, 5) is 22.9. The molecule has 1 aromatic rings. The van der Waals surface area contributed by atoms with Crippen LogP contribution in [0.1, 0.15) is 13.8 Å². The summed E-state index contributed by atoms with van der Waals surface area (Å²) in [5.74, 6) is -0.600. The first-order valence-electron chi connectivity index (χ1n) is 5.73. The lowest BCUT2D eigenvalue weighted by Gasteiger charge is -2.14.